The summed E-state index contributed by atoms with van der Waals surface area (Å²) in [6, 6.07) is 15.1. The van der Waals surface area contributed by atoms with E-state index in [1.54, 1.807) is 0 Å². The zero-order valence-electron chi connectivity index (χ0n) is 7.95. The maximum absolute atomic E-state index is 2.21. The molecule has 0 aliphatic heterocycles. The van der Waals surface area contributed by atoms with Crippen molar-refractivity contribution in [1.82, 2.24) is 0 Å². The van der Waals surface area contributed by atoms with Crippen LogP contribution in [0.15, 0.2) is 42.5 Å². The second-order valence-electron chi connectivity index (χ2n) is 3.55. The molecule has 0 aliphatic rings. The molecule has 0 aliphatic carbocycles. The Balaban J connectivity index is 2.63. The van der Waals surface area contributed by atoms with Crippen molar-refractivity contribution >= 4 is 31.5 Å². The first-order valence-corrected chi connectivity index (χ1v) is 5.55. The monoisotopic (exact) mass is 198 g/mol. The van der Waals surface area contributed by atoms with Crippen LogP contribution < -0.4 is 0 Å². The van der Waals surface area contributed by atoms with E-state index in [0.29, 0.717) is 0 Å². The zero-order chi connectivity index (χ0) is 9.54. The van der Waals surface area contributed by atoms with Gasteiger partial charge in [-0.05, 0) is 18.6 Å². The molecule has 3 aromatic rings. The van der Waals surface area contributed by atoms with Crippen LogP contribution in [0.4, 0.5) is 0 Å². The number of hydrogen-bond donors (Lipinski definition) is 0. The van der Waals surface area contributed by atoms with Crippen LogP contribution in [-0.4, -0.2) is 0 Å². The fourth-order valence-electron chi connectivity index (χ4n) is 1.89. The van der Waals surface area contributed by atoms with Crippen LogP contribution in [0.25, 0.3) is 20.2 Å². The van der Waals surface area contributed by atoms with Gasteiger partial charge in [0, 0.05) is 20.2 Å². The van der Waals surface area contributed by atoms with Crippen LogP contribution in [0.2, 0.25) is 0 Å². The summed E-state index contributed by atoms with van der Waals surface area (Å²) < 4.78 is 2.81. The molecule has 0 atom stereocenters. The highest BCUT2D eigenvalue weighted by molar-refractivity contribution is 7.26. The van der Waals surface area contributed by atoms with Gasteiger partial charge in [-0.2, -0.15) is 0 Å². The molecule has 0 amide bonds. The average molecular weight is 198 g/mol. The van der Waals surface area contributed by atoms with Gasteiger partial charge in [-0.25, -0.2) is 0 Å². The fourth-order valence-corrected chi connectivity index (χ4v) is 3.06. The standard InChI is InChI=1S/C13H10S/c1-9-5-4-7-11-10-6-2-3-8-12(10)14-13(9)11/h2-8H,1H3. The van der Waals surface area contributed by atoms with Crippen molar-refractivity contribution in [2.75, 3.05) is 0 Å². The first-order valence-electron chi connectivity index (χ1n) is 4.73. The molecule has 0 saturated carbocycles. The van der Waals surface area contributed by atoms with Gasteiger partial charge in [0.15, 0.2) is 0 Å². The normalized spacial score (nSPS) is 11.2. The molecule has 0 bridgehead atoms. The van der Waals surface area contributed by atoms with Gasteiger partial charge < -0.3 is 0 Å². The molecule has 1 heteroatoms. The lowest BCUT2D eigenvalue weighted by Gasteiger charge is -1.93. The van der Waals surface area contributed by atoms with E-state index in [9.17, 15) is 0 Å². The molecule has 2 aromatic carbocycles. The van der Waals surface area contributed by atoms with Gasteiger partial charge in [-0.1, -0.05) is 36.4 Å². The minimum atomic E-state index is 1.38. The summed E-state index contributed by atoms with van der Waals surface area (Å²) in [5, 5.41) is 2.78. The summed E-state index contributed by atoms with van der Waals surface area (Å²) in [6.07, 6.45) is 0. The van der Waals surface area contributed by atoms with Crippen LogP contribution in [0.5, 0.6) is 0 Å². The van der Waals surface area contributed by atoms with Crippen molar-refractivity contribution in [3.05, 3.63) is 48.0 Å². The Morgan fingerprint density at radius 1 is 0.857 bits per heavy atom. The van der Waals surface area contributed by atoms with Gasteiger partial charge >= 0.3 is 0 Å². The molecule has 3 rings (SSSR count). The van der Waals surface area contributed by atoms with Crippen LogP contribution >= 0.6 is 11.3 Å². The first kappa shape index (κ1) is 8.01. The Hall–Kier alpha value is -1.34. The molecule has 14 heavy (non-hydrogen) atoms. The molecule has 1 heterocycles. The molecule has 0 fully saturated rings. The summed E-state index contributed by atoms with van der Waals surface area (Å²) in [6.45, 7) is 2.18. The number of aryl methyl sites for hydroxylation is 1. The largest absolute Gasteiger partial charge is 0.135 e. The van der Waals surface area contributed by atoms with E-state index in [1.165, 1.54) is 25.7 Å². The highest BCUT2D eigenvalue weighted by Crippen LogP contribution is 2.35. The van der Waals surface area contributed by atoms with Crippen LogP contribution in [-0.2, 0) is 0 Å². The zero-order valence-corrected chi connectivity index (χ0v) is 8.77. The molecule has 0 N–H and O–H groups in total. The summed E-state index contributed by atoms with van der Waals surface area (Å²) in [5.41, 5.74) is 1.38. The Morgan fingerprint density at radius 2 is 1.64 bits per heavy atom. The van der Waals surface area contributed by atoms with E-state index < -0.39 is 0 Å². The van der Waals surface area contributed by atoms with Crippen molar-refractivity contribution < 1.29 is 0 Å². The molecular formula is C13H10S. The van der Waals surface area contributed by atoms with Gasteiger partial charge in [-0.15, -0.1) is 11.3 Å². The lowest BCUT2D eigenvalue weighted by atomic mass is 10.1. The fraction of sp³-hybridized carbons (Fsp3) is 0.0769. The van der Waals surface area contributed by atoms with Crippen molar-refractivity contribution in [3.8, 4) is 0 Å². The predicted molar refractivity (Wildman–Crippen MR) is 64.1 cm³/mol. The van der Waals surface area contributed by atoms with Gasteiger partial charge in [0.1, 0.15) is 0 Å². The molecule has 0 saturated heterocycles. The lowest BCUT2D eigenvalue weighted by Crippen LogP contribution is -1.69. The van der Waals surface area contributed by atoms with Gasteiger partial charge in [0.2, 0.25) is 0 Å². The summed E-state index contributed by atoms with van der Waals surface area (Å²) in [5.74, 6) is 0. The topological polar surface area (TPSA) is 0 Å². The molecule has 0 unspecified atom stereocenters. The Morgan fingerprint density at radius 3 is 2.57 bits per heavy atom. The van der Waals surface area contributed by atoms with Crippen molar-refractivity contribution in [1.29, 1.82) is 0 Å². The number of thiophene rings is 1. The molecule has 68 valence electrons. The first-order chi connectivity index (χ1) is 6.86. The quantitative estimate of drug-likeness (QED) is 0.503. The van der Waals surface area contributed by atoms with Crippen molar-refractivity contribution in [2.24, 2.45) is 0 Å². The summed E-state index contributed by atoms with van der Waals surface area (Å²) in [7, 11) is 0. The van der Waals surface area contributed by atoms with E-state index in [4.69, 9.17) is 0 Å². The molecule has 0 nitrogen and oxygen atoms in total. The van der Waals surface area contributed by atoms with Crippen LogP contribution in [0.3, 0.4) is 0 Å². The van der Waals surface area contributed by atoms with E-state index in [-0.39, 0.29) is 0 Å². The Bertz CT molecular complexity index is 605. The summed E-state index contributed by atoms with van der Waals surface area (Å²) >= 11 is 1.89. The summed E-state index contributed by atoms with van der Waals surface area (Å²) in [4.78, 5) is 0. The average Bonchev–Trinajstić information content (AvgIpc) is 2.59. The Kier molecular flexibility index (Phi) is 1.62. The number of benzene rings is 2. The highest BCUT2D eigenvalue weighted by Gasteiger charge is 2.04. The lowest BCUT2D eigenvalue weighted by molar-refractivity contribution is 1.56. The minimum Gasteiger partial charge on any atom is -0.135 e. The van der Waals surface area contributed by atoms with Crippen LogP contribution in [0, 0.1) is 6.92 Å². The van der Waals surface area contributed by atoms with E-state index in [1.807, 2.05) is 11.3 Å². The SMILES string of the molecule is Cc1cccc2c1sc1ccccc12. The van der Waals surface area contributed by atoms with Crippen molar-refractivity contribution in [2.45, 2.75) is 6.92 Å². The van der Waals surface area contributed by atoms with Gasteiger partial charge in [0.05, 0.1) is 0 Å². The van der Waals surface area contributed by atoms with E-state index in [0.717, 1.165) is 0 Å². The van der Waals surface area contributed by atoms with Crippen molar-refractivity contribution in [3.63, 3.8) is 0 Å². The third-order valence-electron chi connectivity index (χ3n) is 2.60. The molecule has 0 spiro atoms. The molecule has 1 aromatic heterocycles. The second-order valence-corrected chi connectivity index (χ2v) is 4.60. The number of hydrogen-bond acceptors (Lipinski definition) is 1. The number of rotatable bonds is 0. The maximum Gasteiger partial charge on any atom is 0.0384 e. The second kappa shape index (κ2) is 2.82. The Labute approximate surface area is 86.8 Å². The van der Waals surface area contributed by atoms with Crippen LogP contribution in [0.1, 0.15) is 5.56 Å². The van der Waals surface area contributed by atoms with E-state index >= 15 is 0 Å². The third-order valence-corrected chi connectivity index (χ3v) is 3.92. The molecular weight excluding hydrogens is 188 g/mol. The smallest absolute Gasteiger partial charge is 0.0384 e. The molecule has 0 radical (unpaired) electrons. The minimum absolute atomic E-state index is 1.38. The predicted octanol–water partition coefficient (Wildman–Crippen LogP) is 4.36. The number of fused-ring (bicyclic) bond motifs is 3. The van der Waals surface area contributed by atoms with Gasteiger partial charge in [0.25, 0.3) is 0 Å². The third kappa shape index (κ3) is 0.992. The maximum atomic E-state index is 2.21. The van der Waals surface area contributed by atoms with E-state index in [2.05, 4.69) is 49.4 Å². The van der Waals surface area contributed by atoms with Gasteiger partial charge in [-0.3, -0.25) is 0 Å². The highest BCUT2D eigenvalue weighted by atomic mass is 32.1.